The van der Waals surface area contributed by atoms with Crippen LogP contribution < -0.4 is 4.74 Å². The molecule has 1 aromatic heterocycles. The maximum Gasteiger partial charge on any atom is 0.127 e. The minimum absolute atomic E-state index is 0.321. The van der Waals surface area contributed by atoms with Crippen molar-refractivity contribution in [1.29, 1.82) is 0 Å². The second-order valence-corrected chi connectivity index (χ2v) is 3.58. The molecule has 0 aliphatic carbocycles. The molecular formula is C13H12FNO2. The predicted octanol–water partition coefficient (Wildman–Crippen LogP) is 2.31. The zero-order valence-corrected chi connectivity index (χ0v) is 9.30. The summed E-state index contributed by atoms with van der Waals surface area (Å²) in [6.45, 7) is 0. The van der Waals surface area contributed by atoms with E-state index in [4.69, 9.17) is 4.74 Å². The Morgan fingerprint density at radius 3 is 2.82 bits per heavy atom. The van der Waals surface area contributed by atoms with Crippen molar-refractivity contribution in [3.8, 4) is 5.75 Å². The molecule has 0 radical (unpaired) electrons. The Bertz CT molecular complexity index is 502. The minimum Gasteiger partial charge on any atom is -0.496 e. The highest BCUT2D eigenvalue weighted by Gasteiger charge is 2.15. The van der Waals surface area contributed by atoms with Crippen LogP contribution in [-0.4, -0.2) is 17.2 Å². The molecular weight excluding hydrogens is 221 g/mol. The number of aliphatic hydroxyl groups excluding tert-OH is 1. The second kappa shape index (κ2) is 4.93. The van der Waals surface area contributed by atoms with E-state index < -0.39 is 11.9 Å². The van der Waals surface area contributed by atoms with E-state index in [1.807, 2.05) is 0 Å². The molecule has 0 bridgehead atoms. The standard InChI is InChI=1S/C13H12FNO2/c1-17-12-7-10(14)4-5-11(12)13(16)9-3-2-6-15-8-9/h2-8,13,16H,1H3. The number of aromatic nitrogens is 1. The van der Waals surface area contributed by atoms with E-state index in [9.17, 15) is 9.50 Å². The van der Waals surface area contributed by atoms with Crippen LogP contribution in [0.25, 0.3) is 0 Å². The first-order chi connectivity index (χ1) is 8.22. The molecule has 17 heavy (non-hydrogen) atoms. The monoisotopic (exact) mass is 233 g/mol. The number of aliphatic hydroxyl groups is 1. The first-order valence-electron chi connectivity index (χ1n) is 5.14. The third-order valence-corrected chi connectivity index (χ3v) is 2.49. The van der Waals surface area contributed by atoms with Crippen LogP contribution >= 0.6 is 0 Å². The average molecular weight is 233 g/mol. The smallest absolute Gasteiger partial charge is 0.127 e. The molecule has 0 fully saturated rings. The molecule has 0 aliphatic rings. The van der Waals surface area contributed by atoms with Gasteiger partial charge in [-0.25, -0.2) is 4.39 Å². The number of rotatable bonds is 3. The Labute approximate surface area is 98.5 Å². The summed E-state index contributed by atoms with van der Waals surface area (Å²) < 4.78 is 18.1. The van der Waals surface area contributed by atoms with Crippen LogP contribution in [0.4, 0.5) is 4.39 Å². The Balaban J connectivity index is 2.40. The van der Waals surface area contributed by atoms with E-state index in [0.717, 1.165) is 0 Å². The summed E-state index contributed by atoms with van der Waals surface area (Å²) >= 11 is 0. The molecule has 3 nitrogen and oxygen atoms in total. The van der Waals surface area contributed by atoms with Gasteiger partial charge in [0.05, 0.1) is 7.11 Å². The largest absolute Gasteiger partial charge is 0.496 e. The molecule has 0 amide bonds. The van der Waals surface area contributed by atoms with Crippen molar-refractivity contribution in [2.24, 2.45) is 0 Å². The van der Waals surface area contributed by atoms with Crippen molar-refractivity contribution in [3.05, 3.63) is 59.7 Å². The van der Waals surface area contributed by atoms with Crippen LogP contribution in [0.3, 0.4) is 0 Å². The highest BCUT2D eigenvalue weighted by Crippen LogP contribution is 2.29. The number of benzene rings is 1. The van der Waals surface area contributed by atoms with Crippen LogP contribution in [0.1, 0.15) is 17.2 Å². The fraction of sp³-hybridized carbons (Fsp3) is 0.154. The zero-order valence-electron chi connectivity index (χ0n) is 9.30. The number of methoxy groups -OCH3 is 1. The maximum atomic E-state index is 13.0. The molecule has 1 N–H and O–H groups in total. The van der Waals surface area contributed by atoms with E-state index >= 15 is 0 Å². The van der Waals surface area contributed by atoms with Crippen LogP contribution in [0.2, 0.25) is 0 Å². The SMILES string of the molecule is COc1cc(F)ccc1C(O)c1cccnc1. The lowest BCUT2D eigenvalue weighted by molar-refractivity contribution is 0.214. The van der Waals surface area contributed by atoms with Crippen molar-refractivity contribution in [2.75, 3.05) is 7.11 Å². The van der Waals surface area contributed by atoms with Gasteiger partial charge in [-0.1, -0.05) is 6.07 Å². The van der Waals surface area contributed by atoms with Gasteiger partial charge in [0.25, 0.3) is 0 Å². The Kier molecular flexibility index (Phi) is 3.35. The van der Waals surface area contributed by atoms with Gasteiger partial charge in [-0.3, -0.25) is 4.98 Å². The molecule has 1 heterocycles. The minimum atomic E-state index is -0.876. The van der Waals surface area contributed by atoms with E-state index in [-0.39, 0.29) is 0 Å². The molecule has 88 valence electrons. The van der Waals surface area contributed by atoms with Gasteiger partial charge >= 0.3 is 0 Å². The number of nitrogens with zero attached hydrogens (tertiary/aromatic N) is 1. The van der Waals surface area contributed by atoms with E-state index in [1.165, 1.54) is 25.3 Å². The lowest BCUT2D eigenvalue weighted by Crippen LogP contribution is -2.03. The van der Waals surface area contributed by atoms with Crippen molar-refractivity contribution < 1.29 is 14.2 Å². The quantitative estimate of drug-likeness (QED) is 0.884. The van der Waals surface area contributed by atoms with Gasteiger partial charge in [0.1, 0.15) is 17.7 Å². The second-order valence-electron chi connectivity index (χ2n) is 3.58. The van der Waals surface area contributed by atoms with Crippen LogP contribution in [0.15, 0.2) is 42.7 Å². The van der Waals surface area contributed by atoms with Crippen LogP contribution in [0, 0.1) is 5.82 Å². The number of halogens is 1. The van der Waals surface area contributed by atoms with Crippen LogP contribution in [-0.2, 0) is 0 Å². The zero-order chi connectivity index (χ0) is 12.3. The summed E-state index contributed by atoms with van der Waals surface area (Å²) in [5.74, 6) is -0.0784. The van der Waals surface area contributed by atoms with Gasteiger partial charge in [0, 0.05) is 29.6 Å². The highest BCUT2D eigenvalue weighted by atomic mass is 19.1. The maximum absolute atomic E-state index is 13.0. The third-order valence-electron chi connectivity index (χ3n) is 2.49. The molecule has 2 aromatic rings. The average Bonchev–Trinajstić information content (AvgIpc) is 2.39. The normalized spacial score (nSPS) is 12.2. The summed E-state index contributed by atoms with van der Waals surface area (Å²) in [6, 6.07) is 7.52. The van der Waals surface area contributed by atoms with E-state index in [0.29, 0.717) is 16.9 Å². The molecule has 0 saturated heterocycles. The molecule has 1 atom stereocenters. The van der Waals surface area contributed by atoms with E-state index in [2.05, 4.69) is 4.98 Å². The number of hydrogen-bond acceptors (Lipinski definition) is 3. The lowest BCUT2D eigenvalue weighted by atomic mass is 10.0. The summed E-state index contributed by atoms with van der Waals surface area (Å²) in [6.07, 6.45) is 2.31. The summed E-state index contributed by atoms with van der Waals surface area (Å²) in [5.41, 5.74) is 1.15. The fourth-order valence-corrected chi connectivity index (χ4v) is 1.63. The van der Waals surface area contributed by atoms with Gasteiger partial charge in [0.15, 0.2) is 0 Å². The van der Waals surface area contributed by atoms with Crippen molar-refractivity contribution >= 4 is 0 Å². The Hall–Kier alpha value is -1.94. The first-order valence-corrected chi connectivity index (χ1v) is 5.14. The van der Waals surface area contributed by atoms with Gasteiger partial charge < -0.3 is 9.84 Å². The summed E-state index contributed by atoms with van der Waals surface area (Å²) in [5, 5.41) is 10.2. The Morgan fingerprint density at radius 1 is 1.35 bits per heavy atom. The van der Waals surface area contributed by atoms with Gasteiger partial charge in [0.2, 0.25) is 0 Å². The third kappa shape index (κ3) is 2.42. The molecule has 0 spiro atoms. The molecule has 4 heteroatoms. The van der Waals surface area contributed by atoms with E-state index in [1.54, 1.807) is 24.5 Å². The number of pyridine rings is 1. The first kappa shape index (κ1) is 11.5. The van der Waals surface area contributed by atoms with Gasteiger partial charge in [-0.2, -0.15) is 0 Å². The van der Waals surface area contributed by atoms with Gasteiger partial charge in [-0.05, 0) is 18.2 Å². The summed E-state index contributed by atoms with van der Waals surface area (Å²) in [4.78, 5) is 3.93. The highest BCUT2D eigenvalue weighted by molar-refractivity contribution is 5.39. The molecule has 1 aromatic carbocycles. The predicted molar refractivity (Wildman–Crippen MR) is 61.3 cm³/mol. The number of hydrogen-bond donors (Lipinski definition) is 1. The topological polar surface area (TPSA) is 42.4 Å². The van der Waals surface area contributed by atoms with Crippen LogP contribution in [0.5, 0.6) is 5.75 Å². The lowest BCUT2D eigenvalue weighted by Gasteiger charge is -2.14. The molecule has 0 saturated carbocycles. The number of ether oxygens (including phenoxy) is 1. The molecule has 0 aliphatic heterocycles. The van der Waals surface area contributed by atoms with Crippen molar-refractivity contribution in [3.63, 3.8) is 0 Å². The molecule has 2 rings (SSSR count). The fourth-order valence-electron chi connectivity index (χ4n) is 1.63. The van der Waals surface area contributed by atoms with Crippen molar-refractivity contribution in [1.82, 2.24) is 4.98 Å². The summed E-state index contributed by atoms with van der Waals surface area (Å²) in [7, 11) is 1.44. The Morgan fingerprint density at radius 2 is 2.18 bits per heavy atom. The van der Waals surface area contributed by atoms with Gasteiger partial charge in [-0.15, -0.1) is 0 Å². The molecule has 1 unspecified atom stereocenters. The van der Waals surface area contributed by atoms with Crippen molar-refractivity contribution in [2.45, 2.75) is 6.10 Å².